The molecule has 2 unspecified atom stereocenters. The summed E-state index contributed by atoms with van der Waals surface area (Å²) in [4.78, 5) is 2.47. The molecule has 0 radical (unpaired) electrons. The number of nitrogens with zero attached hydrogens (tertiary/aromatic N) is 1. The van der Waals surface area contributed by atoms with Crippen LogP contribution in [0.1, 0.15) is 60.8 Å². The first-order valence-corrected chi connectivity index (χ1v) is 7.55. The quantitative estimate of drug-likeness (QED) is 0.614. The lowest BCUT2D eigenvalue weighted by Gasteiger charge is -2.40. The Labute approximate surface area is 115 Å². The van der Waals surface area contributed by atoms with Gasteiger partial charge in [-0.1, -0.05) is 20.8 Å². The Morgan fingerprint density at radius 2 is 1.56 bits per heavy atom. The van der Waals surface area contributed by atoms with Crippen LogP contribution in [-0.2, 0) is 4.74 Å². The van der Waals surface area contributed by atoms with E-state index in [4.69, 9.17) is 4.74 Å². The van der Waals surface area contributed by atoms with Gasteiger partial charge in [-0.15, -0.1) is 0 Å². The second kappa shape index (κ2) is 8.16. The second-order valence-electron chi connectivity index (χ2n) is 6.25. The van der Waals surface area contributed by atoms with Gasteiger partial charge >= 0.3 is 0 Å². The van der Waals surface area contributed by atoms with Crippen molar-refractivity contribution in [2.75, 3.05) is 20.8 Å². The van der Waals surface area contributed by atoms with E-state index in [1.165, 1.54) is 19.3 Å². The van der Waals surface area contributed by atoms with Gasteiger partial charge in [0.1, 0.15) is 0 Å². The van der Waals surface area contributed by atoms with Gasteiger partial charge in [0.25, 0.3) is 0 Å². The van der Waals surface area contributed by atoms with E-state index in [1.54, 1.807) is 0 Å². The maximum atomic E-state index is 5.49. The Morgan fingerprint density at radius 3 is 1.89 bits per heavy atom. The largest absolute Gasteiger partial charge is 0.384 e. The molecule has 0 amide bonds. The summed E-state index contributed by atoms with van der Waals surface area (Å²) in [6.07, 6.45) is 3.66. The Morgan fingerprint density at radius 1 is 1.06 bits per heavy atom. The van der Waals surface area contributed by atoms with E-state index in [0.29, 0.717) is 23.4 Å². The highest BCUT2D eigenvalue weighted by Gasteiger charge is 2.34. The number of hydrogen-bond acceptors (Lipinski definition) is 2. The average Bonchev–Trinajstić information content (AvgIpc) is 2.34. The van der Waals surface area contributed by atoms with Crippen LogP contribution in [-0.4, -0.2) is 37.7 Å². The Bertz CT molecular complexity index is 211. The minimum absolute atomic E-state index is 0.348. The summed E-state index contributed by atoms with van der Waals surface area (Å²) in [6, 6.07) is 1.25. The molecule has 2 atom stereocenters. The summed E-state index contributed by atoms with van der Waals surface area (Å²) in [6.45, 7) is 14.8. The van der Waals surface area contributed by atoms with Gasteiger partial charge in [0.15, 0.2) is 0 Å². The molecule has 0 saturated heterocycles. The van der Waals surface area contributed by atoms with Crippen LogP contribution >= 0.6 is 0 Å². The summed E-state index contributed by atoms with van der Waals surface area (Å²) in [5, 5.41) is 0. The fourth-order valence-corrected chi connectivity index (χ4v) is 3.02. The lowest BCUT2D eigenvalue weighted by atomic mass is 9.70. The molecule has 110 valence electrons. The zero-order chi connectivity index (χ0) is 14.3. The van der Waals surface area contributed by atoms with E-state index in [0.717, 1.165) is 6.61 Å². The van der Waals surface area contributed by atoms with Crippen LogP contribution in [0.3, 0.4) is 0 Å². The van der Waals surface area contributed by atoms with Gasteiger partial charge in [0.05, 0.1) is 6.61 Å². The van der Waals surface area contributed by atoms with Crippen LogP contribution < -0.4 is 0 Å². The minimum Gasteiger partial charge on any atom is -0.384 e. The fraction of sp³-hybridized carbons (Fsp3) is 1.00. The third-order valence-electron chi connectivity index (χ3n) is 5.09. The van der Waals surface area contributed by atoms with Crippen LogP contribution in [0.2, 0.25) is 0 Å². The molecule has 0 aliphatic carbocycles. The van der Waals surface area contributed by atoms with Crippen molar-refractivity contribution in [1.82, 2.24) is 4.90 Å². The highest BCUT2D eigenvalue weighted by Crippen LogP contribution is 2.38. The SMILES string of the molecule is CCC(CC)(COC)C(C)CC(C)N(C)C(C)C. The Hall–Kier alpha value is -0.0800. The molecule has 0 spiro atoms. The van der Waals surface area contributed by atoms with E-state index >= 15 is 0 Å². The standard InChI is InChI=1S/C16H35NO/c1-9-16(10-2,12-18-8)14(5)11-15(6)17(7)13(3)4/h13-15H,9-12H2,1-8H3. The molecule has 0 aromatic rings. The van der Waals surface area contributed by atoms with Crippen molar-refractivity contribution in [2.45, 2.75) is 72.9 Å². The molecule has 0 saturated carbocycles. The van der Waals surface area contributed by atoms with Crippen molar-refractivity contribution >= 4 is 0 Å². The monoisotopic (exact) mass is 257 g/mol. The molecule has 18 heavy (non-hydrogen) atoms. The Balaban J connectivity index is 4.64. The molecular weight excluding hydrogens is 222 g/mol. The smallest absolute Gasteiger partial charge is 0.0521 e. The zero-order valence-electron chi connectivity index (χ0n) is 13.9. The van der Waals surface area contributed by atoms with Crippen molar-refractivity contribution in [2.24, 2.45) is 11.3 Å². The third-order valence-corrected chi connectivity index (χ3v) is 5.09. The van der Waals surface area contributed by atoms with E-state index in [1.807, 2.05) is 7.11 Å². The molecule has 0 heterocycles. The van der Waals surface area contributed by atoms with E-state index in [9.17, 15) is 0 Å². The van der Waals surface area contributed by atoms with Crippen molar-refractivity contribution < 1.29 is 4.74 Å². The maximum Gasteiger partial charge on any atom is 0.0521 e. The zero-order valence-corrected chi connectivity index (χ0v) is 13.9. The van der Waals surface area contributed by atoms with Crippen molar-refractivity contribution in [3.63, 3.8) is 0 Å². The molecule has 0 aliphatic rings. The highest BCUT2D eigenvalue weighted by molar-refractivity contribution is 4.84. The van der Waals surface area contributed by atoms with E-state index < -0.39 is 0 Å². The van der Waals surface area contributed by atoms with Gasteiger partial charge in [-0.2, -0.15) is 0 Å². The number of ether oxygens (including phenoxy) is 1. The lowest BCUT2D eigenvalue weighted by molar-refractivity contribution is 0.0158. The van der Waals surface area contributed by atoms with Crippen molar-refractivity contribution in [3.8, 4) is 0 Å². The molecule has 0 N–H and O–H groups in total. The molecule has 0 fully saturated rings. The predicted octanol–water partition coefficient (Wildman–Crippen LogP) is 4.19. The molecule has 0 aromatic heterocycles. The third kappa shape index (κ3) is 4.55. The first-order valence-electron chi connectivity index (χ1n) is 7.55. The minimum atomic E-state index is 0.348. The van der Waals surface area contributed by atoms with Gasteiger partial charge in [0.2, 0.25) is 0 Å². The summed E-state index contributed by atoms with van der Waals surface area (Å²) in [5.74, 6) is 0.698. The van der Waals surface area contributed by atoms with Crippen LogP contribution in [0.4, 0.5) is 0 Å². The van der Waals surface area contributed by atoms with Gasteiger partial charge in [0, 0.05) is 19.2 Å². The van der Waals surface area contributed by atoms with E-state index in [2.05, 4.69) is 53.5 Å². The molecule has 0 aromatic carbocycles. The van der Waals surface area contributed by atoms with Crippen LogP contribution in [0.25, 0.3) is 0 Å². The van der Waals surface area contributed by atoms with Crippen molar-refractivity contribution in [1.29, 1.82) is 0 Å². The van der Waals surface area contributed by atoms with Gasteiger partial charge in [-0.3, -0.25) is 0 Å². The number of hydrogen-bond donors (Lipinski definition) is 0. The lowest BCUT2D eigenvalue weighted by Crippen LogP contribution is -2.40. The topological polar surface area (TPSA) is 12.5 Å². The van der Waals surface area contributed by atoms with Crippen LogP contribution in [0, 0.1) is 11.3 Å². The maximum absolute atomic E-state index is 5.49. The van der Waals surface area contributed by atoms with Gasteiger partial charge in [-0.05, 0) is 58.4 Å². The first kappa shape index (κ1) is 17.9. The van der Waals surface area contributed by atoms with Crippen LogP contribution in [0.5, 0.6) is 0 Å². The average molecular weight is 257 g/mol. The Kier molecular flexibility index (Phi) is 8.13. The van der Waals surface area contributed by atoms with Crippen molar-refractivity contribution in [3.05, 3.63) is 0 Å². The molecule has 2 nitrogen and oxygen atoms in total. The van der Waals surface area contributed by atoms with Crippen LogP contribution in [0.15, 0.2) is 0 Å². The normalized spacial score (nSPS) is 16.3. The number of rotatable bonds is 9. The second-order valence-corrected chi connectivity index (χ2v) is 6.25. The predicted molar refractivity (Wildman–Crippen MR) is 81.0 cm³/mol. The highest BCUT2D eigenvalue weighted by atomic mass is 16.5. The molecule has 2 heteroatoms. The molecule has 0 bridgehead atoms. The number of methoxy groups -OCH3 is 1. The summed E-state index contributed by atoms with van der Waals surface area (Å²) < 4.78 is 5.49. The van der Waals surface area contributed by atoms with Gasteiger partial charge in [-0.25, -0.2) is 0 Å². The molecular formula is C16H35NO. The van der Waals surface area contributed by atoms with Gasteiger partial charge < -0.3 is 9.64 Å². The first-order chi connectivity index (χ1) is 8.34. The molecule has 0 rings (SSSR count). The summed E-state index contributed by atoms with van der Waals surface area (Å²) in [5.41, 5.74) is 0.348. The van der Waals surface area contributed by atoms with E-state index in [-0.39, 0.29) is 0 Å². The molecule has 0 aliphatic heterocycles. The summed E-state index contributed by atoms with van der Waals surface area (Å²) in [7, 11) is 4.06. The fourth-order valence-electron chi connectivity index (χ4n) is 3.02. The summed E-state index contributed by atoms with van der Waals surface area (Å²) >= 11 is 0.